The number of carbonyl (C=O) groups excluding carboxylic acids is 1. The van der Waals surface area contributed by atoms with Crippen molar-refractivity contribution in [2.75, 3.05) is 0 Å². The first-order valence-electron chi connectivity index (χ1n) is 4.24. The van der Waals surface area contributed by atoms with E-state index in [9.17, 15) is 18.7 Å². The lowest BCUT2D eigenvalue weighted by molar-refractivity contribution is -0.109. The molecule has 1 fully saturated rings. The third-order valence-corrected chi connectivity index (χ3v) is 2.58. The quantitative estimate of drug-likeness (QED) is 0.737. The van der Waals surface area contributed by atoms with E-state index in [1.807, 2.05) is 0 Å². The van der Waals surface area contributed by atoms with E-state index in [4.69, 9.17) is 0 Å². The lowest BCUT2D eigenvalue weighted by atomic mass is 9.96. The number of carbonyl (C=O) groups is 1. The first kappa shape index (κ1) is 9.12. The molecular weight excluding hydrogens is 190 g/mol. The Balaban J connectivity index is 2.58. The normalized spacial score (nSPS) is 17.9. The molecule has 2 rings (SSSR count). The third kappa shape index (κ3) is 1.18. The molecule has 4 heteroatoms. The monoisotopic (exact) mass is 198 g/mol. The van der Waals surface area contributed by atoms with Crippen LogP contribution in [0, 0.1) is 11.6 Å². The van der Waals surface area contributed by atoms with Crippen LogP contribution >= 0.6 is 0 Å². The van der Waals surface area contributed by atoms with Gasteiger partial charge in [-0.05, 0) is 18.9 Å². The van der Waals surface area contributed by atoms with Crippen molar-refractivity contribution >= 4 is 6.29 Å². The summed E-state index contributed by atoms with van der Waals surface area (Å²) >= 11 is 0. The highest BCUT2D eigenvalue weighted by Crippen LogP contribution is 2.50. The molecule has 0 heterocycles. The van der Waals surface area contributed by atoms with Crippen molar-refractivity contribution in [1.82, 2.24) is 0 Å². The van der Waals surface area contributed by atoms with Gasteiger partial charge in [0.15, 0.2) is 11.6 Å². The summed E-state index contributed by atoms with van der Waals surface area (Å²) in [7, 11) is 0. The van der Waals surface area contributed by atoms with E-state index < -0.39 is 22.8 Å². The van der Waals surface area contributed by atoms with Gasteiger partial charge in [0.25, 0.3) is 0 Å². The fraction of sp³-hybridized carbons (Fsp3) is 0.300. The Labute approximate surface area is 79.2 Å². The van der Waals surface area contributed by atoms with Gasteiger partial charge in [0.2, 0.25) is 0 Å². The van der Waals surface area contributed by atoms with Crippen LogP contribution in [0.5, 0.6) is 5.75 Å². The number of rotatable bonds is 2. The Morgan fingerprint density at radius 3 is 2.50 bits per heavy atom. The van der Waals surface area contributed by atoms with Crippen LogP contribution in [0.3, 0.4) is 0 Å². The number of hydrogen-bond donors (Lipinski definition) is 1. The summed E-state index contributed by atoms with van der Waals surface area (Å²) in [4.78, 5) is 10.7. The van der Waals surface area contributed by atoms with Gasteiger partial charge in [-0.3, -0.25) is 0 Å². The minimum atomic E-state index is -1.02. The molecule has 1 aliphatic rings. The standard InChI is InChI=1S/C10H8F2O2/c11-6-3-7(9(14)8(12)4-6)10(5-13)1-2-10/h3-5,14H,1-2H2. The smallest absolute Gasteiger partial charge is 0.168 e. The number of aldehydes is 1. The summed E-state index contributed by atoms with van der Waals surface area (Å²) in [5, 5.41) is 9.33. The first-order chi connectivity index (χ1) is 6.59. The first-order valence-corrected chi connectivity index (χ1v) is 4.24. The largest absolute Gasteiger partial charge is 0.505 e. The van der Waals surface area contributed by atoms with Crippen molar-refractivity contribution < 1.29 is 18.7 Å². The maximum atomic E-state index is 12.9. The van der Waals surface area contributed by atoms with Crippen LogP contribution in [0.15, 0.2) is 12.1 Å². The molecule has 2 nitrogen and oxygen atoms in total. The number of halogens is 2. The fourth-order valence-electron chi connectivity index (χ4n) is 1.53. The Morgan fingerprint density at radius 2 is 2.00 bits per heavy atom. The highest BCUT2D eigenvalue weighted by molar-refractivity contribution is 5.74. The zero-order valence-corrected chi connectivity index (χ0v) is 7.26. The van der Waals surface area contributed by atoms with Crippen LogP contribution in [0.1, 0.15) is 18.4 Å². The van der Waals surface area contributed by atoms with E-state index in [2.05, 4.69) is 0 Å². The summed E-state index contributed by atoms with van der Waals surface area (Å²) in [6.45, 7) is 0. The van der Waals surface area contributed by atoms with Gasteiger partial charge in [-0.2, -0.15) is 0 Å². The van der Waals surface area contributed by atoms with Crippen molar-refractivity contribution in [3.63, 3.8) is 0 Å². The molecule has 0 radical (unpaired) electrons. The van der Waals surface area contributed by atoms with Crippen molar-refractivity contribution in [1.29, 1.82) is 0 Å². The summed E-state index contributed by atoms with van der Waals surface area (Å²) in [5.41, 5.74) is -0.794. The van der Waals surface area contributed by atoms with Crippen molar-refractivity contribution in [3.05, 3.63) is 29.3 Å². The molecule has 14 heavy (non-hydrogen) atoms. The lowest BCUT2D eigenvalue weighted by Gasteiger charge is -2.10. The molecule has 1 aliphatic carbocycles. The van der Waals surface area contributed by atoms with Gasteiger partial charge < -0.3 is 9.90 Å². The second-order valence-corrected chi connectivity index (χ2v) is 3.56. The molecule has 0 aromatic heterocycles. The summed E-state index contributed by atoms with van der Waals surface area (Å²) in [5.74, 6) is -2.41. The molecule has 0 amide bonds. The van der Waals surface area contributed by atoms with Gasteiger partial charge in [0, 0.05) is 11.6 Å². The molecule has 0 saturated heterocycles. The van der Waals surface area contributed by atoms with Crippen LogP contribution in [-0.4, -0.2) is 11.4 Å². The molecule has 74 valence electrons. The minimum absolute atomic E-state index is 0.0602. The molecule has 0 bridgehead atoms. The molecule has 0 atom stereocenters. The van der Waals surface area contributed by atoms with Gasteiger partial charge in [0.05, 0.1) is 5.41 Å². The molecule has 1 aromatic carbocycles. The number of benzene rings is 1. The number of phenols is 1. The minimum Gasteiger partial charge on any atom is -0.505 e. The van der Waals surface area contributed by atoms with Crippen LogP contribution in [0.25, 0.3) is 0 Å². The maximum absolute atomic E-state index is 12.9. The Hall–Kier alpha value is -1.45. The van der Waals surface area contributed by atoms with Crippen molar-refractivity contribution in [2.24, 2.45) is 0 Å². The second kappa shape index (κ2) is 2.77. The van der Waals surface area contributed by atoms with E-state index in [1.54, 1.807) is 0 Å². The topological polar surface area (TPSA) is 37.3 Å². The molecule has 1 saturated carbocycles. The van der Waals surface area contributed by atoms with Crippen LogP contribution in [0.4, 0.5) is 8.78 Å². The zero-order chi connectivity index (χ0) is 10.3. The average molecular weight is 198 g/mol. The zero-order valence-electron chi connectivity index (χ0n) is 7.26. The highest BCUT2D eigenvalue weighted by Gasteiger charge is 2.46. The van der Waals surface area contributed by atoms with E-state index in [1.165, 1.54) is 0 Å². The van der Waals surface area contributed by atoms with Gasteiger partial charge in [-0.1, -0.05) is 0 Å². The van der Waals surface area contributed by atoms with Crippen LogP contribution < -0.4 is 0 Å². The SMILES string of the molecule is O=CC1(c2cc(F)cc(F)c2O)CC1. The van der Waals surface area contributed by atoms with Crippen LogP contribution in [0.2, 0.25) is 0 Å². The second-order valence-electron chi connectivity index (χ2n) is 3.56. The number of hydrogen-bond acceptors (Lipinski definition) is 2. The van der Waals surface area contributed by atoms with Crippen molar-refractivity contribution in [2.45, 2.75) is 18.3 Å². The average Bonchev–Trinajstić information content (AvgIpc) is 2.92. The summed E-state index contributed by atoms with van der Waals surface area (Å²) in [6, 6.07) is 1.61. The van der Waals surface area contributed by atoms with Crippen molar-refractivity contribution in [3.8, 4) is 5.75 Å². The molecule has 0 spiro atoms. The molecule has 0 unspecified atom stereocenters. The predicted molar refractivity (Wildman–Crippen MR) is 45.0 cm³/mol. The highest BCUT2D eigenvalue weighted by atomic mass is 19.1. The summed E-state index contributed by atoms with van der Waals surface area (Å²) in [6.07, 6.45) is 1.71. The van der Waals surface area contributed by atoms with Gasteiger partial charge in [-0.25, -0.2) is 8.78 Å². The number of phenolic OH excluding ortho intramolecular Hbond substituents is 1. The molecule has 1 N–H and O–H groups in total. The van der Waals surface area contributed by atoms with E-state index in [0.29, 0.717) is 25.2 Å². The molecular formula is C10H8F2O2. The number of aromatic hydroxyl groups is 1. The van der Waals surface area contributed by atoms with Gasteiger partial charge in [0.1, 0.15) is 12.1 Å². The molecule has 1 aromatic rings. The fourth-order valence-corrected chi connectivity index (χ4v) is 1.53. The predicted octanol–water partition coefficient (Wildman–Crippen LogP) is 1.90. The maximum Gasteiger partial charge on any atom is 0.168 e. The molecule has 0 aliphatic heterocycles. The van der Waals surface area contributed by atoms with E-state index in [0.717, 1.165) is 6.07 Å². The van der Waals surface area contributed by atoms with Gasteiger partial charge >= 0.3 is 0 Å². The van der Waals surface area contributed by atoms with Crippen LogP contribution in [-0.2, 0) is 10.2 Å². The van der Waals surface area contributed by atoms with Gasteiger partial charge in [-0.15, -0.1) is 0 Å². The summed E-state index contributed by atoms with van der Waals surface area (Å²) < 4.78 is 25.8. The Kier molecular flexibility index (Phi) is 1.80. The van der Waals surface area contributed by atoms with E-state index in [-0.39, 0.29) is 5.56 Å². The Bertz CT molecular complexity index is 397. The van der Waals surface area contributed by atoms with E-state index >= 15 is 0 Å². The third-order valence-electron chi connectivity index (χ3n) is 2.58. The Morgan fingerprint density at radius 1 is 1.36 bits per heavy atom. The lowest BCUT2D eigenvalue weighted by Crippen LogP contribution is -2.09.